The Morgan fingerprint density at radius 1 is 1.29 bits per heavy atom. The quantitative estimate of drug-likeness (QED) is 0.211. The van der Waals surface area contributed by atoms with E-state index in [9.17, 15) is 24.6 Å². The molecule has 0 aromatic heterocycles. The fourth-order valence-electron chi connectivity index (χ4n) is 6.05. The van der Waals surface area contributed by atoms with E-state index in [1.807, 2.05) is 6.92 Å². The standard InChI is InChI=1S/C24H35NO7.2Ac/c1-14-5-8-19-23(3,10-9-20(28)24(19,4)13-26)17(14)7-6-16-18(12-31-22(16)30)32-21(29)11-25-15(2)27;;/h6,17-20,26,28H,1,5,7-13H2,2-4H3,(H,25,27);;/b16-6+;;/t17-,18?,19?,20?,23+,24-;;/m0../s1. The molecule has 6 atom stereocenters. The van der Waals surface area contributed by atoms with Crippen molar-refractivity contribution < 1.29 is 122 Å². The molecule has 0 aromatic carbocycles. The monoisotopic (exact) mass is 903 g/mol. The van der Waals surface area contributed by atoms with Crippen LogP contribution in [0.4, 0.5) is 0 Å². The minimum absolute atomic E-state index is 0. The molecule has 3 N–H and O–H groups in total. The van der Waals surface area contributed by atoms with Crippen LogP contribution in [0.5, 0.6) is 0 Å². The number of carbonyl (C=O) groups is 3. The van der Waals surface area contributed by atoms with E-state index in [4.69, 9.17) is 9.47 Å². The Labute approximate surface area is 273 Å². The molecule has 184 valence electrons. The first kappa shape index (κ1) is 32.7. The van der Waals surface area contributed by atoms with Gasteiger partial charge in [-0.3, -0.25) is 9.59 Å². The average molecular weight is 904 g/mol. The van der Waals surface area contributed by atoms with Gasteiger partial charge in [-0.1, -0.05) is 32.1 Å². The van der Waals surface area contributed by atoms with Crippen LogP contribution in [0.15, 0.2) is 23.8 Å². The minimum Gasteiger partial charge on any atom is -0.458 e. The summed E-state index contributed by atoms with van der Waals surface area (Å²) in [5.74, 6) is -1.30. The van der Waals surface area contributed by atoms with Gasteiger partial charge in [-0.2, -0.15) is 0 Å². The van der Waals surface area contributed by atoms with Crippen molar-refractivity contribution in [3.63, 3.8) is 0 Å². The number of esters is 2. The fraction of sp³-hybridized carbons (Fsp3) is 0.708. The van der Waals surface area contributed by atoms with Crippen LogP contribution in [0.2, 0.25) is 0 Å². The SMILES string of the molecule is C=C1CCC2[C@](C)(CO)C(O)CC[C@]2(C)[C@H]1C/C=C1/C(=O)OCC1OC(=O)CNC(C)=O.[Ac].[Ac]. The first-order valence-corrected chi connectivity index (χ1v) is 11.3. The molecule has 3 aliphatic rings. The number of aliphatic hydroxyl groups is 2. The third-order valence-corrected chi connectivity index (χ3v) is 7.97. The van der Waals surface area contributed by atoms with Gasteiger partial charge < -0.3 is 25.0 Å². The summed E-state index contributed by atoms with van der Waals surface area (Å²) < 4.78 is 10.5. The molecule has 0 aromatic rings. The molecule has 3 fully saturated rings. The molecular formula is C24H35Ac2NO7. The summed E-state index contributed by atoms with van der Waals surface area (Å²) in [6.07, 6.45) is 4.05. The molecule has 2 aliphatic carbocycles. The van der Waals surface area contributed by atoms with Crippen molar-refractivity contribution >= 4 is 17.8 Å². The van der Waals surface area contributed by atoms with Crippen molar-refractivity contribution in [1.82, 2.24) is 5.32 Å². The summed E-state index contributed by atoms with van der Waals surface area (Å²) in [5, 5.41) is 23.1. The maximum atomic E-state index is 12.3. The van der Waals surface area contributed by atoms with Crippen LogP contribution in [-0.4, -0.2) is 60.0 Å². The van der Waals surface area contributed by atoms with Gasteiger partial charge in [-0.25, -0.2) is 4.79 Å². The Balaban J connectivity index is 0.00000289. The molecule has 2 saturated carbocycles. The van der Waals surface area contributed by atoms with Gasteiger partial charge in [0.1, 0.15) is 13.2 Å². The van der Waals surface area contributed by atoms with Crippen LogP contribution in [0.25, 0.3) is 0 Å². The Morgan fingerprint density at radius 2 is 1.97 bits per heavy atom. The number of hydrogen-bond acceptors (Lipinski definition) is 7. The number of ether oxygens (including phenoxy) is 2. The van der Waals surface area contributed by atoms with Gasteiger partial charge in [0, 0.05) is 100 Å². The first-order chi connectivity index (χ1) is 15.0. The van der Waals surface area contributed by atoms with Crippen molar-refractivity contribution in [2.45, 2.75) is 65.1 Å². The second-order valence-electron chi connectivity index (χ2n) is 9.91. The molecular weight excluding hydrogens is 868 g/mol. The molecule has 1 amide bonds. The number of allylic oxidation sites excluding steroid dienone is 2. The van der Waals surface area contributed by atoms with Crippen molar-refractivity contribution in [2.24, 2.45) is 22.7 Å². The minimum atomic E-state index is -0.805. The average Bonchev–Trinajstić information content (AvgIpc) is 3.08. The maximum absolute atomic E-state index is 12.3. The molecule has 2 radical (unpaired) electrons. The molecule has 0 bridgehead atoms. The van der Waals surface area contributed by atoms with Gasteiger partial charge in [-0.05, 0) is 49.4 Å². The molecule has 1 heterocycles. The van der Waals surface area contributed by atoms with Crippen LogP contribution >= 0.6 is 0 Å². The smallest absolute Gasteiger partial charge is 0.337 e. The van der Waals surface area contributed by atoms with Gasteiger partial charge in [0.25, 0.3) is 0 Å². The summed E-state index contributed by atoms with van der Waals surface area (Å²) in [7, 11) is 0. The summed E-state index contributed by atoms with van der Waals surface area (Å²) >= 11 is 0. The van der Waals surface area contributed by atoms with Crippen LogP contribution in [0.1, 0.15) is 52.9 Å². The summed E-state index contributed by atoms with van der Waals surface area (Å²) in [5.41, 5.74) is 0.652. The maximum Gasteiger partial charge on any atom is 0.337 e. The topological polar surface area (TPSA) is 122 Å². The number of fused-ring (bicyclic) bond motifs is 1. The Hall–Kier alpha value is 0.693. The number of aliphatic hydroxyl groups excluding tert-OH is 2. The summed E-state index contributed by atoms with van der Waals surface area (Å²) in [6.45, 7) is 9.37. The number of cyclic esters (lactones) is 1. The molecule has 1 saturated heterocycles. The third kappa shape index (κ3) is 6.76. The molecule has 0 spiro atoms. The van der Waals surface area contributed by atoms with Crippen LogP contribution in [0.3, 0.4) is 0 Å². The van der Waals surface area contributed by atoms with Gasteiger partial charge in [0.2, 0.25) is 5.91 Å². The van der Waals surface area contributed by atoms with Crippen LogP contribution in [-0.2, 0) is 23.9 Å². The van der Waals surface area contributed by atoms with Crippen molar-refractivity contribution in [2.75, 3.05) is 19.8 Å². The van der Waals surface area contributed by atoms with E-state index in [2.05, 4.69) is 18.8 Å². The second kappa shape index (κ2) is 13.5. The molecule has 10 heteroatoms. The largest absolute Gasteiger partial charge is 0.458 e. The van der Waals surface area contributed by atoms with Gasteiger partial charge in [0.05, 0.1) is 18.3 Å². The van der Waals surface area contributed by atoms with E-state index in [1.165, 1.54) is 6.92 Å². The first-order valence-electron chi connectivity index (χ1n) is 11.3. The van der Waals surface area contributed by atoms with Crippen molar-refractivity contribution in [1.29, 1.82) is 0 Å². The Morgan fingerprint density at radius 3 is 2.59 bits per heavy atom. The zero-order valence-electron chi connectivity index (χ0n) is 20.3. The molecule has 3 rings (SSSR count). The van der Waals surface area contributed by atoms with E-state index in [-0.39, 0.29) is 131 Å². The fourth-order valence-corrected chi connectivity index (χ4v) is 6.05. The van der Waals surface area contributed by atoms with Crippen LogP contribution < -0.4 is 5.32 Å². The van der Waals surface area contributed by atoms with E-state index in [1.54, 1.807) is 6.08 Å². The zero-order chi connectivity index (χ0) is 23.7. The van der Waals surface area contributed by atoms with E-state index >= 15 is 0 Å². The molecule has 3 unspecified atom stereocenters. The molecule has 1 aliphatic heterocycles. The second-order valence-corrected chi connectivity index (χ2v) is 9.91. The Kier molecular flexibility index (Phi) is 13.0. The van der Waals surface area contributed by atoms with Gasteiger partial charge in [0.15, 0.2) is 6.10 Å². The number of carbonyl (C=O) groups excluding carboxylic acids is 3. The molecule has 8 nitrogen and oxygen atoms in total. The zero-order valence-corrected chi connectivity index (χ0v) is 29.8. The number of hydrogen-bond donors (Lipinski definition) is 3. The van der Waals surface area contributed by atoms with Gasteiger partial charge in [-0.15, -0.1) is 0 Å². The normalized spacial score (nSPS) is 36.0. The summed E-state index contributed by atoms with van der Waals surface area (Å²) in [6, 6.07) is 0. The van der Waals surface area contributed by atoms with Crippen molar-refractivity contribution in [3.05, 3.63) is 23.8 Å². The van der Waals surface area contributed by atoms with Gasteiger partial charge >= 0.3 is 11.9 Å². The predicted molar refractivity (Wildman–Crippen MR) is 116 cm³/mol. The van der Waals surface area contributed by atoms with Crippen molar-refractivity contribution in [3.8, 4) is 0 Å². The number of rotatable bonds is 6. The number of amides is 1. The van der Waals surface area contributed by atoms with E-state index in [0.717, 1.165) is 24.8 Å². The predicted octanol–water partition coefficient (Wildman–Crippen LogP) is 1.65. The third-order valence-electron chi connectivity index (χ3n) is 7.97. The Bertz CT molecular complexity index is 832. The van der Waals surface area contributed by atoms with Crippen LogP contribution in [0, 0.1) is 111 Å². The molecule has 34 heavy (non-hydrogen) atoms. The number of nitrogens with one attached hydrogen (secondary N) is 1. The van der Waals surface area contributed by atoms with E-state index in [0.29, 0.717) is 18.4 Å². The summed E-state index contributed by atoms with van der Waals surface area (Å²) in [4.78, 5) is 35.3. The van der Waals surface area contributed by atoms with E-state index < -0.39 is 29.6 Å².